The van der Waals surface area contributed by atoms with Crippen LogP contribution in [0.25, 0.3) is 0 Å². The van der Waals surface area contributed by atoms with Crippen LogP contribution in [0.4, 0.5) is 0 Å². The van der Waals surface area contributed by atoms with Crippen molar-refractivity contribution in [2.45, 2.75) is 190 Å². The number of carbonyl (C=O) groups is 2. The van der Waals surface area contributed by atoms with Gasteiger partial charge in [0.2, 0.25) is 0 Å². The third-order valence-electron chi connectivity index (χ3n) is 17.4. The third kappa shape index (κ3) is 6.29. The number of rotatable bonds is 10. The number of fused-ring (bicyclic) bond motifs is 7. The summed E-state index contributed by atoms with van der Waals surface area (Å²) in [5.74, 6) is 1.26. The fourth-order valence-corrected chi connectivity index (χ4v) is 14.3. The molecule has 6 heteroatoms. The molecule has 288 valence electrons. The molecule has 51 heavy (non-hydrogen) atoms. The highest BCUT2D eigenvalue weighted by molar-refractivity contribution is 5.82. The number of hydrogen-bond donors (Lipinski definition) is 3. The number of aliphatic hydroxyl groups excluding tert-OH is 1. The second-order valence-electron chi connectivity index (χ2n) is 21.1. The van der Waals surface area contributed by atoms with E-state index in [1.807, 2.05) is 0 Å². The van der Waals surface area contributed by atoms with Gasteiger partial charge in [-0.15, -0.1) is 0 Å². The highest BCUT2D eigenvalue weighted by Gasteiger charge is 2.70. The first-order chi connectivity index (χ1) is 23.7. The van der Waals surface area contributed by atoms with E-state index in [-0.39, 0.29) is 45.6 Å². The lowest BCUT2D eigenvalue weighted by Gasteiger charge is -2.72. The highest BCUT2D eigenvalue weighted by atomic mass is 16.5. The zero-order chi connectivity index (χ0) is 37.4. The van der Waals surface area contributed by atoms with Gasteiger partial charge in [-0.2, -0.15) is 0 Å². The van der Waals surface area contributed by atoms with Crippen molar-refractivity contribution in [1.82, 2.24) is 0 Å². The Bertz CT molecular complexity index is 1400. The fourth-order valence-electron chi connectivity index (χ4n) is 14.3. The lowest BCUT2D eigenvalue weighted by Crippen LogP contribution is -2.66. The predicted octanol–water partition coefficient (Wildman–Crippen LogP) is 10.9. The van der Waals surface area contributed by atoms with Crippen LogP contribution < -0.4 is 0 Å². The van der Waals surface area contributed by atoms with Crippen LogP contribution >= 0.6 is 0 Å². The summed E-state index contributed by atoms with van der Waals surface area (Å²) in [5, 5.41) is 31.0. The topological polar surface area (TPSA) is 108 Å². The van der Waals surface area contributed by atoms with Crippen molar-refractivity contribution in [3.05, 3.63) is 11.1 Å². The van der Waals surface area contributed by atoms with Gasteiger partial charge in [0.05, 0.1) is 17.9 Å². The zero-order valence-corrected chi connectivity index (χ0v) is 33.9. The van der Waals surface area contributed by atoms with Crippen LogP contribution in [0.1, 0.15) is 178 Å². The maximum atomic E-state index is 13.1. The van der Waals surface area contributed by atoms with Crippen LogP contribution in [-0.4, -0.2) is 40.1 Å². The quantitative estimate of drug-likeness (QED) is 0.119. The first-order valence-electron chi connectivity index (χ1n) is 21.1. The van der Waals surface area contributed by atoms with Crippen molar-refractivity contribution >= 4 is 17.7 Å². The molecule has 0 spiro atoms. The molecule has 6 rings (SSSR count). The number of aliphatic carboxylic acids is 1. The Morgan fingerprint density at radius 1 is 0.863 bits per heavy atom. The maximum absolute atomic E-state index is 13.1. The molecule has 6 aliphatic rings. The van der Waals surface area contributed by atoms with Gasteiger partial charge in [0.15, 0.2) is 0 Å². The Morgan fingerprint density at radius 2 is 1.55 bits per heavy atom. The minimum atomic E-state index is -1.14. The van der Waals surface area contributed by atoms with Crippen LogP contribution in [0.2, 0.25) is 0 Å². The summed E-state index contributed by atoms with van der Waals surface area (Å²) in [6.45, 7) is 20.4. The van der Waals surface area contributed by atoms with Gasteiger partial charge in [-0.05, 0) is 130 Å². The second kappa shape index (κ2) is 13.6. The summed E-state index contributed by atoms with van der Waals surface area (Å²) in [6, 6.07) is 0. The molecule has 9 atom stereocenters. The van der Waals surface area contributed by atoms with E-state index in [2.05, 4.69) is 48.5 Å². The number of carboxylic acid groups (broad SMARTS) is 1. The molecular formula is C45H73NO5. The Labute approximate surface area is 310 Å². The molecule has 0 aliphatic heterocycles. The molecule has 0 aromatic rings. The van der Waals surface area contributed by atoms with Crippen LogP contribution in [0.3, 0.4) is 0 Å². The van der Waals surface area contributed by atoms with Gasteiger partial charge in [-0.25, -0.2) is 0 Å². The predicted molar refractivity (Wildman–Crippen MR) is 204 cm³/mol. The lowest BCUT2D eigenvalue weighted by atomic mass is 9.33. The third-order valence-corrected chi connectivity index (χ3v) is 17.4. The average Bonchev–Trinajstić information content (AvgIpc) is 3.44. The molecule has 5 saturated carbocycles. The Morgan fingerprint density at radius 3 is 2.20 bits per heavy atom. The van der Waals surface area contributed by atoms with E-state index in [1.165, 1.54) is 51.4 Å². The largest absolute Gasteiger partial charge is 0.481 e. The summed E-state index contributed by atoms with van der Waals surface area (Å²) in [7, 11) is 0. The number of aliphatic hydroxyl groups is 1. The van der Waals surface area contributed by atoms with Crippen LogP contribution in [-0.2, 0) is 14.3 Å². The number of nitrogens with one attached hydrogen (secondary N) is 1. The molecule has 0 aromatic carbocycles. The van der Waals surface area contributed by atoms with E-state index in [0.717, 1.165) is 57.1 Å². The van der Waals surface area contributed by atoms with Crippen molar-refractivity contribution in [3.63, 3.8) is 0 Å². The molecule has 6 nitrogen and oxygen atoms in total. The van der Waals surface area contributed by atoms with E-state index >= 15 is 0 Å². The number of carboxylic acids is 1. The molecule has 0 saturated heterocycles. The van der Waals surface area contributed by atoms with Crippen molar-refractivity contribution in [2.24, 2.45) is 62.1 Å². The number of ether oxygens (including phenoxy) is 1. The number of allylic oxidation sites excluding steroid dienone is 1. The highest BCUT2D eigenvalue weighted by Crippen LogP contribution is 2.77. The molecule has 0 radical (unpaired) electrons. The molecule has 0 unspecified atom stereocenters. The molecule has 0 bridgehead atoms. The molecule has 0 heterocycles. The number of carbonyl (C=O) groups excluding carboxylic acids is 1. The number of esters is 1. The van der Waals surface area contributed by atoms with Gasteiger partial charge >= 0.3 is 11.9 Å². The first kappa shape index (κ1) is 39.0. The SMILES string of the molecule is CC(C)C1=C2[C@H]3CC[C@@H]4[C@@]5(C)CC[C@H](OC(=O)CC(C)(C)C(=O)O)C(C)(C)[C@@H]5CC[C@@]4(C)[C@]3(C)CC[C@@]2([C@H](O)CC(=N)CC2CCCCC2)CC1. The zero-order valence-electron chi connectivity index (χ0n) is 33.9. The van der Waals surface area contributed by atoms with Gasteiger partial charge in [-0.3, -0.25) is 9.59 Å². The second-order valence-corrected chi connectivity index (χ2v) is 21.1. The monoisotopic (exact) mass is 708 g/mol. The Kier molecular flexibility index (Phi) is 10.4. The number of hydrogen-bond acceptors (Lipinski definition) is 5. The van der Waals surface area contributed by atoms with Crippen molar-refractivity contribution in [2.75, 3.05) is 0 Å². The molecule has 0 amide bonds. The van der Waals surface area contributed by atoms with E-state index < -0.39 is 17.5 Å². The molecule has 5 fully saturated rings. The summed E-state index contributed by atoms with van der Waals surface area (Å²) < 4.78 is 6.19. The summed E-state index contributed by atoms with van der Waals surface area (Å²) in [4.78, 5) is 24.8. The lowest BCUT2D eigenvalue weighted by molar-refractivity contribution is -0.235. The normalized spacial score (nSPS) is 40.1. The molecule has 6 aliphatic carbocycles. The minimum Gasteiger partial charge on any atom is -0.481 e. The molecule has 3 N–H and O–H groups in total. The van der Waals surface area contributed by atoms with Crippen molar-refractivity contribution in [1.29, 1.82) is 5.41 Å². The summed E-state index contributed by atoms with van der Waals surface area (Å²) in [6.07, 6.45) is 18.0. The van der Waals surface area contributed by atoms with Crippen molar-refractivity contribution in [3.8, 4) is 0 Å². The van der Waals surface area contributed by atoms with Gasteiger partial charge < -0.3 is 20.4 Å². The minimum absolute atomic E-state index is 0.108. The standard InChI is InChI=1S/C45H73NO5/c1-28(2)31-17-22-45(35(47)26-30(46)25-29-13-11-10-12-14-29)24-23-43(8)32(38(31)45)15-16-34-42(7)20-19-36(51-37(48)27-40(3,4)39(49)50)41(5,6)33(42)18-21-44(34,43)9/h28-29,32-36,46-47H,10-27H2,1-9H3,(H,49,50)/t32-,33+,34-,35-,36+,42+,43-,44-,45-/m1/s1. The Hall–Kier alpha value is -1.69. The molecule has 0 aromatic heterocycles. The van der Waals surface area contributed by atoms with Gasteiger partial charge in [-0.1, -0.05) is 91.7 Å². The van der Waals surface area contributed by atoms with Crippen LogP contribution in [0, 0.1) is 67.5 Å². The van der Waals surface area contributed by atoms with Crippen LogP contribution in [0.5, 0.6) is 0 Å². The average molecular weight is 708 g/mol. The molecular weight excluding hydrogens is 634 g/mol. The van der Waals surface area contributed by atoms with E-state index in [9.17, 15) is 19.8 Å². The van der Waals surface area contributed by atoms with Gasteiger partial charge in [0.1, 0.15) is 6.10 Å². The van der Waals surface area contributed by atoms with E-state index in [0.29, 0.717) is 36.0 Å². The smallest absolute Gasteiger partial charge is 0.309 e. The summed E-state index contributed by atoms with van der Waals surface area (Å²) in [5.41, 5.74) is 3.00. The first-order valence-corrected chi connectivity index (χ1v) is 21.1. The van der Waals surface area contributed by atoms with Gasteiger partial charge in [0, 0.05) is 23.0 Å². The fraction of sp³-hybridized carbons (Fsp3) is 0.889. The van der Waals surface area contributed by atoms with Crippen LogP contribution in [0.15, 0.2) is 11.1 Å². The Balaban J connectivity index is 1.24. The maximum Gasteiger partial charge on any atom is 0.309 e. The van der Waals surface area contributed by atoms with Crippen molar-refractivity contribution < 1.29 is 24.5 Å². The van der Waals surface area contributed by atoms with Gasteiger partial charge in [0.25, 0.3) is 0 Å². The van der Waals surface area contributed by atoms with E-state index in [1.54, 1.807) is 25.0 Å². The summed E-state index contributed by atoms with van der Waals surface area (Å²) >= 11 is 0. The van der Waals surface area contributed by atoms with E-state index in [4.69, 9.17) is 10.1 Å².